The summed E-state index contributed by atoms with van der Waals surface area (Å²) in [5.74, 6) is -0.799. The zero-order chi connectivity index (χ0) is 19.2. The molecule has 0 bridgehead atoms. The number of para-hydroxylation sites is 1. The minimum atomic E-state index is -0.628. The Morgan fingerprint density at radius 1 is 0.852 bits per heavy atom. The second kappa shape index (κ2) is 8.71. The smallest absolute Gasteiger partial charge is 0.343 e. The Morgan fingerprint density at radius 2 is 1.56 bits per heavy atom. The van der Waals surface area contributed by atoms with E-state index in [9.17, 15) is 9.59 Å². The molecule has 0 heterocycles. The summed E-state index contributed by atoms with van der Waals surface area (Å²) in [6.45, 7) is 0.370. The van der Waals surface area contributed by atoms with E-state index in [0.717, 1.165) is 5.56 Å². The Hall–Kier alpha value is -2.82. The van der Waals surface area contributed by atoms with Crippen LogP contribution in [-0.4, -0.2) is 11.9 Å². The van der Waals surface area contributed by atoms with Gasteiger partial charge < -0.3 is 10.1 Å². The van der Waals surface area contributed by atoms with Gasteiger partial charge >= 0.3 is 5.97 Å². The Balaban J connectivity index is 1.74. The van der Waals surface area contributed by atoms with Gasteiger partial charge in [-0.2, -0.15) is 0 Å². The van der Waals surface area contributed by atoms with E-state index in [1.807, 2.05) is 30.3 Å². The lowest BCUT2D eigenvalue weighted by molar-refractivity contribution is 0.0732. The van der Waals surface area contributed by atoms with E-state index in [2.05, 4.69) is 5.32 Å². The standard InChI is InChI=1S/C21H15Cl2NO3/c22-17-11-10-15(12-18(17)23)21(26)27-19-9-5-4-8-16(19)20(25)24-13-14-6-2-1-3-7-14/h1-12H,13H2,(H,24,25). The van der Waals surface area contributed by atoms with Crippen molar-refractivity contribution in [3.05, 3.63) is 99.5 Å². The van der Waals surface area contributed by atoms with Crippen LogP contribution in [0.5, 0.6) is 5.75 Å². The number of halogens is 2. The first-order valence-corrected chi connectivity index (χ1v) is 8.88. The third-order valence-electron chi connectivity index (χ3n) is 3.79. The highest BCUT2D eigenvalue weighted by Crippen LogP contribution is 2.24. The van der Waals surface area contributed by atoms with Crippen molar-refractivity contribution in [2.75, 3.05) is 0 Å². The molecule has 1 N–H and O–H groups in total. The number of hydrogen-bond donors (Lipinski definition) is 1. The molecule has 0 aliphatic heterocycles. The Kier molecular flexibility index (Phi) is 6.12. The van der Waals surface area contributed by atoms with Crippen LogP contribution in [-0.2, 0) is 6.54 Å². The highest BCUT2D eigenvalue weighted by atomic mass is 35.5. The van der Waals surface area contributed by atoms with Gasteiger partial charge in [0.2, 0.25) is 0 Å². The topological polar surface area (TPSA) is 55.4 Å². The molecule has 0 aromatic heterocycles. The molecule has 3 aromatic rings. The molecule has 0 fully saturated rings. The second-order valence-electron chi connectivity index (χ2n) is 5.68. The number of ether oxygens (including phenoxy) is 1. The maximum Gasteiger partial charge on any atom is 0.343 e. The highest BCUT2D eigenvalue weighted by Gasteiger charge is 2.16. The number of esters is 1. The van der Waals surface area contributed by atoms with Gasteiger partial charge in [-0.1, -0.05) is 65.7 Å². The number of rotatable bonds is 5. The Bertz CT molecular complexity index is 974. The molecule has 0 saturated heterocycles. The van der Waals surface area contributed by atoms with Crippen molar-refractivity contribution in [1.29, 1.82) is 0 Å². The molecule has 0 aliphatic rings. The molecule has 6 heteroatoms. The van der Waals surface area contributed by atoms with Crippen molar-refractivity contribution in [1.82, 2.24) is 5.32 Å². The number of nitrogens with one attached hydrogen (secondary N) is 1. The maximum atomic E-state index is 12.5. The fourth-order valence-electron chi connectivity index (χ4n) is 2.40. The lowest BCUT2D eigenvalue weighted by Crippen LogP contribution is -2.24. The van der Waals surface area contributed by atoms with Crippen LogP contribution in [0, 0.1) is 0 Å². The number of carbonyl (C=O) groups is 2. The van der Waals surface area contributed by atoms with Gasteiger partial charge in [0.15, 0.2) is 0 Å². The molecule has 0 atom stereocenters. The highest BCUT2D eigenvalue weighted by molar-refractivity contribution is 6.42. The number of amides is 1. The van der Waals surface area contributed by atoms with E-state index < -0.39 is 5.97 Å². The normalized spacial score (nSPS) is 10.3. The summed E-state index contributed by atoms with van der Waals surface area (Å²) in [7, 11) is 0. The number of benzene rings is 3. The molecule has 0 aliphatic carbocycles. The first-order valence-electron chi connectivity index (χ1n) is 8.13. The van der Waals surface area contributed by atoms with E-state index in [1.165, 1.54) is 18.2 Å². The van der Waals surface area contributed by atoms with Gasteiger partial charge in [0.25, 0.3) is 5.91 Å². The average Bonchev–Trinajstić information content (AvgIpc) is 2.69. The van der Waals surface area contributed by atoms with Crippen LogP contribution in [0.1, 0.15) is 26.3 Å². The first kappa shape index (κ1) is 19.0. The van der Waals surface area contributed by atoms with Crippen LogP contribution in [0.25, 0.3) is 0 Å². The summed E-state index contributed by atoms with van der Waals surface area (Å²) in [4.78, 5) is 24.9. The van der Waals surface area contributed by atoms with Crippen molar-refractivity contribution < 1.29 is 14.3 Å². The zero-order valence-corrected chi connectivity index (χ0v) is 15.6. The van der Waals surface area contributed by atoms with Gasteiger partial charge in [-0.3, -0.25) is 4.79 Å². The minimum absolute atomic E-state index is 0.166. The molecule has 0 unspecified atom stereocenters. The molecule has 27 heavy (non-hydrogen) atoms. The van der Waals surface area contributed by atoms with Crippen molar-refractivity contribution in [2.45, 2.75) is 6.54 Å². The molecule has 0 saturated carbocycles. The van der Waals surface area contributed by atoms with Crippen LogP contribution in [0.3, 0.4) is 0 Å². The molecule has 1 amide bonds. The van der Waals surface area contributed by atoms with Crippen molar-refractivity contribution in [3.63, 3.8) is 0 Å². The van der Waals surface area contributed by atoms with Gasteiger partial charge in [-0.25, -0.2) is 4.79 Å². The molecule has 3 aromatic carbocycles. The van der Waals surface area contributed by atoms with E-state index in [4.69, 9.17) is 27.9 Å². The predicted octanol–water partition coefficient (Wildman–Crippen LogP) is 5.14. The van der Waals surface area contributed by atoms with Crippen LogP contribution < -0.4 is 10.1 Å². The Morgan fingerprint density at radius 3 is 2.30 bits per heavy atom. The fraction of sp³-hybridized carbons (Fsp3) is 0.0476. The fourth-order valence-corrected chi connectivity index (χ4v) is 2.70. The van der Waals surface area contributed by atoms with Crippen molar-refractivity contribution in [2.24, 2.45) is 0 Å². The van der Waals surface area contributed by atoms with E-state index in [-0.39, 0.29) is 27.8 Å². The average molecular weight is 400 g/mol. The summed E-state index contributed by atoms with van der Waals surface area (Å²) < 4.78 is 5.40. The van der Waals surface area contributed by atoms with E-state index in [0.29, 0.717) is 11.6 Å². The molecule has 0 radical (unpaired) electrons. The maximum absolute atomic E-state index is 12.5. The van der Waals surface area contributed by atoms with Gasteiger partial charge in [-0.05, 0) is 35.9 Å². The van der Waals surface area contributed by atoms with Crippen LogP contribution in [0.2, 0.25) is 10.0 Å². The largest absolute Gasteiger partial charge is 0.422 e. The summed E-state index contributed by atoms with van der Waals surface area (Å²) in [5, 5.41) is 3.41. The third kappa shape index (κ3) is 4.88. The van der Waals surface area contributed by atoms with Crippen molar-refractivity contribution in [3.8, 4) is 5.75 Å². The summed E-state index contributed by atoms with van der Waals surface area (Å²) in [6.07, 6.45) is 0. The van der Waals surface area contributed by atoms with Crippen molar-refractivity contribution >= 4 is 35.1 Å². The molecular formula is C21H15Cl2NO3. The van der Waals surface area contributed by atoms with E-state index in [1.54, 1.807) is 24.3 Å². The molecule has 136 valence electrons. The van der Waals surface area contributed by atoms with Crippen LogP contribution in [0.15, 0.2) is 72.8 Å². The summed E-state index contributed by atoms with van der Waals surface area (Å²) in [5.41, 5.74) is 1.47. The molecule has 3 rings (SSSR count). The van der Waals surface area contributed by atoms with Gasteiger partial charge in [0, 0.05) is 6.54 Å². The first-order chi connectivity index (χ1) is 13.0. The lowest BCUT2D eigenvalue weighted by Gasteiger charge is -2.11. The molecule has 0 spiro atoms. The lowest BCUT2D eigenvalue weighted by atomic mass is 10.1. The zero-order valence-electron chi connectivity index (χ0n) is 14.1. The number of carbonyl (C=O) groups excluding carboxylic acids is 2. The molecular weight excluding hydrogens is 385 g/mol. The SMILES string of the molecule is O=C(Oc1ccccc1C(=O)NCc1ccccc1)c1ccc(Cl)c(Cl)c1. The minimum Gasteiger partial charge on any atom is -0.422 e. The third-order valence-corrected chi connectivity index (χ3v) is 4.52. The monoisotopic (exact) mass is 399 g/mol. The predicted molar refractivity (Wildman–Crippen MR) is 105 cm³/mol. The summed E-state index contributed by atoms with van der Waals surface area (Å²) >= 11 is 11.8. The van der Waals surface area contributed by atoms with E-state index >= 15 is 0 Å². The van der Waals surface area contributed by atoms with Gasteiger partial charge in [0.05, 0.1) is 21.2 Å². The van der Waals surface area contributed by atoms with Crippen LogP contribution in [0.4, 0.5) is 0 Å². The quantitative estimate of drug-likeness (QED) is 0.477. The number of hydrogen-bond acceptors (Lipinski definition) is 3. The Labute approximate surface area is 166 Å². The van der Waals surface area contributed by atoms with Gasteiger partial charge in [-0.15, -0.1) is 0 Å². The summed E-state index contributed by atoms with van der Waals surface area (Å²) in [6, 6.07) is 20.5. The molecule has 4 nitrogen and oxygen atoms in total. The second-order valence-corrected chi connectivity index (χ2v) is 6.50. The van der Waals surface area contributed by atoms with Gasteiger partial charge in [0.1, 0.15) is 5.75 Å². The van der Waals surface area contributed by atoms with Crippen LogP contribution >= 0.6 is 23.2 Å².